The van der Waals surface area contributed by atoms with Gasteiger partial charge in [-0.3, -0.25) is 33.1 Å². The fourth-order valence-electron chi connectivity index (χ4n) is 9.31. The van der Waals surface area contributed by atoms with E-state index >= 15 is 0 Å². The van der Waals surface area contributed by atoms with Crippen LogP contribution >= 0.6 is 33.0 Å². The van der Waals surface area contributed by atoms with Crippen molar-refractivity contribution in [3.05, 3.63) is 68.0 Å². The number of aryl methyl sites for hydroxylation is 1. The summed E-state index contributed by atoms with van der Waals surface area (Å²) in [6.45, 7) is 1.88. The van der Waals surface area contributed by atoms with Crippen molar-refractivity contribution < 1.29 is 95.5 Å². The van der Waals surface area contributed by atoms with Gasteiger partial charge in [-0.2, -0.15) is 9.97 Å². The molecule has 8 heterocycles. The number of aliphatic hydroxyl groups is 4. The fourth-order valence-corrected chi connectivity index (χ4v) is 10.9. The molecule has 4 amide bonds. The minimum Gasteiger partial charge on any atom is -0.394 e. The number of nitrogens with zero attached hydrogens (tertiary/aromatic N) is 11. The van der Waals surface area contributed by atoms with E-state index in [1.165, 1.54) is 62.2 Å². The summed E-state index contributed by atoms with van der Waals surface area (Å²) < 4.78 is 65.3. The zero-order valence-electron chi connectivity index (χ0n) is 44.2. The zero-order chi connectivity index (χ0) is 61.4. The van der Waals surface area contributed by atoms with Crippen molar-refractivity contribution in [1.29, 1.82) is 0 Å². The number of hydrogen-bond donors (Lipinski definition) is 11. The molecule has 4 saturated heterocycles. The van der Waals surface area contributed by atoms with Crippen LogP contribution in [0.2, 0.25) is 0 Å². The summed E-state index contributed by atoms with van der Waals surface area (Å²) in [5, 5.41) is 37.0. The maximum Gasteiger partial charge on any atom is 0.695 e. The number of H-pyrrole nitrogens is 1. The number of aromatic nitrogens is 8. The molecule has 37 nitrogen and oxygen atoms in total. The van der Waals surface area contributed by atoms with Crippen LogP contribution in [0.4, 0.5) is 11.6 Å². The van der Waals surface area contributed by atoms with Crippen LogP contribution in [0.1, 0.15) is 38.2 Å². The van der Waals surface area contributed by atoms with E-state index in [0.717, 1.165) is 9.13 Å². The molecule has 4 unspecified atom stereocenters. The summed E-state index contributed by atoms with van der Waals surface area (Å²) in [6.07, 6.45) is 4.19. The predicted octanol–water partition coefficient (Wildman–Crippen LogP) is -4.40. The lowest BCUT2D eigenvalue weighted by molar-refractivity contribution is -0.134. The first kappa shape index (κ1) is 67.3. The van der Waals surface area contributed by atoms with Crippen molar-refractivity contribution in [2.75, 3.05) is 64.1 Å². The lowest BCUT2D eigenvalue weighted by atomic mass is 10.2. The number of fused-ring (bicyclic) bond motifs is 1. The van der Waals surface area contributed by atoms with Gasteiger partial charge in [0.1, 0.15) is 55.7 Å². The average Bonchev–Trinajstić information content (AvgIpc) is 4.46. The van der Waals surface area contributed by atoms with E-state index in [4.69, 9.17) is 49.7 Å². The van der Waals surface area contributed by atoms with Crippen molar-refractivity contribution in [3.63, 3.8) is 0 Å². The summed E-state index contributed by atoms with van der Waals surface area (Å²) in [7, 11) is -11.0. The van der Waals surface area contributed by atoms with Gasteiger partial charge < -0.3 is 61.0 Å². The number of aliphatic hydroxyl groups excluding tert-OH is 4. The second kappa shape index (κ2) is 31.4. The zero-order valence-corrected chi connectivity index (χ0v) is 47.8. The Balaban J connectivity index is 0.000000206. The standard InChI is InChI=1S/C12H14N5O6P.C12H17N4O6P.C11H15N4O6P.C7H12NO5P/c18-4-7-1-8(23-24(21)22)2-17(7)9(19)3-16-6-15-10-11(16)13-5-14-12(10)20;1-7-3-15(12(19)14-11(7)13)5-10(18)16-4-9(22-23(20)21)2-8(16)6-17;12-9-1-2-14(11(18)13-9)5-10(17)15-4-8(21-22(19)20)3-7(15)6-16;1-5(10)8-3-7(13-14(11)12)2-6(8)4-9/h5-8,18H,1-4H2,(H-,13,14,20,21,22);3,8-9,17H,2,4-6H2,1H3,(H2-,13,14,19,20,21);1-2,7-8,16H,3-6H2,(H2-,12,13,18,19,20);6-7,9H,2-4H2,1H3/p+4/t7-,8+;8-,9+;7-,8+;6-,7+/m0000/s1. The molecule has 0 spiro atoms. The highest BCUT2D eigenvalue weighted by Crippen LogP contribution is 2.31. The van der Waals surface area contributed by atoms with Gasteiger partial charge in [0, 0.05) is 68.8 Å². The van der Waals surface area contributed by atoms with E-state index in [1.54, 1.807) is 6.92 Å². The van der Waals surface area contributed by atoms with Gasteiger partial charge in [-0.15, -0.1) is 37.7 Å². The summed E-state index contributed by atoms with van der Waals surface area (Å²) >= 11 is 0. The quantitative estimate of drug-likeness (QED) is 0.0419. The molecule has 4 aliphatic heterocycles. The number of carbonyl (C=O) groups is 4. The number of imidazole rings is 1. The number of nitrogen functional groups attached to an aromatic ring is 2. The number of rotatable bonds is 18. The molecular formula is C42H62N14O23P4+4. The van der Waals surface area contributed by atoms with E-state index in [-0.39, 0.29) is 132 Å². The Hall–Kier alpha value is -6.49. The normalized spacial score (nSPS) is 22.7. The Labute approximate surface area is 471 Å². The molecule has 41 heteroatoms. The number of anilines is 2. The van der Waals surface area contributed by atoms with Gasteiger partial charge in [-0.25, -0.2) is 19.6 Å². The predicted molar refractivity (Wildman–Crippen MR) is 282 cm³/mol. The third kappa shape index (κ3) is 19.3. The van der Waals surface area contributed by atoms with Gasteiger partial charge in [0.25, 0.3) is 5.56 Å². The van der Waals surface area contributed by atoms with E-state index in [9.17, 15) is 67.1 Å². The Kier molecular flexibility index (Phi) is 25.5. The third-order valence-electron chi connectivity index (χ3n) is 13.1. The van der Waals surface area contributed by atoms with Gasteiger partial charge in [-0.1, -0.05) is 0 Å². The van der Waals surface area contributed by atoms with Crippen LogP contribution in [0.5, 0.6) is 0 Å². The van der Waals surface area contributed by atoms with Crippen LogP contribution in [0.25, 0.3) is 11.2 Å². The maximum absolute atomic E-state index is 12.5. The molecule has 0 bridgehead atoms. The van der Waals surface area contributed by atoms with Crippen LogP contribution in [-0.2, 0) is 75.2 Å². The number of amides is 4. The first-order valence-corrected chi connectivity index (χ1v) is 29.2. The lowest BCUT2D eigenvalue weighted by Gasteiger charge is -2.23. The molecule has 4 aromatic rings. The molecule has 8 rings (SSSR count). The Bertz CT molecular complexity index is 3190. The molecular weight excluding hydrogens is 1190 g/mol. The van der Waals surface area contributed by atoms with Gasteiger partial charge in [-0.05, 0) is 13.0 Å². The van der Waals surface area contributed by atoms with E-state index in [2.05, 4.69) is 29.4 Å². The van der Waals surface area contributed by atoms with Gasteiger partial charge in [0.2, 0.25) is 23.6 Å². The first-order chi connectivity index (χ1) is 39.2. The number of nitrogens with two attached hydrogens (primary N) is 2. The van der Waals surface area contributed by atoms with Crippen molar-refractivity contribution in [2.45, 2.75) is 108 Å². The molecule has 83 heavy (non-hydrogen) atoms. The van der Waals surface area contributed by atoms with Gasteiger partial charge in [0.05, 0.1) is 89.4 Å². The number of hydrogen-bond acceptors (Lipinski definition) is 25. The molecule has 0 saturated carbocycles. The topological polar surface area (TPSA) is 534 Å². The lowest BCUT2D eigenvalue weighted by Crippen LogP contribution is -2.41. The van der Waals surface area contributed by atoms with Crippen molar-refractivity contribution >= 4 is 79.4 Å². The Morgan fingerprint density at radius 3 is 1.37 bits per heavy atom. The second-order valence-corrected chi connectivity index (χ2v) is 21.5. The summed E-state index contributed by atoms with van der Waals surface area (Å²) in [5.41, 5.74) is 10.2. The Morgan fingerprint density at radius 2 is 0.988 bits per heavy atom. The number of nitrogens with one attached hydrogen (secondary N) is 1. The van der Waals surface area contributed by atoms with Crippen LogP contribution in [-0.4, -0.2) is 223 Å². The number of aromatic amines is 1. The average molecular weight is 1250 g/mol. The molecule has 4 aromatic heterocycles. The highest BCUT2D eigenvalue weighted by Gasteiger charge is 2.43. The minimum absolute atomic E-state index is 0.0586. The molecule has 13 N–H and O–H groups in total. The van der Waals surface area contributed by atoms with Crippen LogP contribution in [0.15, 0.2) is 45.5 Å². The van der Waals surface area contributed by atoms with Crippen molar-refractivity contribution in [1.82, 2.24) is 58.2 Å². The highest BCUT2D eigenvalue weighted by atomic mass is 31.1. The van der Waals surface area contributed by atoms with Crippen molar-refractivity contribution in [2.24, 2.45) is 0 Å². The minimum atomic E-state index is -2.78. The van der Waals surface area contributed by atoms with Gasteiger partial charge in [0.15, 0.2) is 11.2 Å². The van der Waals surface area contributed by atoms with E-state index < -0.39 is 104 Å². The van der Waals surface area contributed by atoms with Crippen LogP contribution < -0.4 is 28.4 Å². The second-order valence-electron chi connectivity index (χ2n) is 18.7. The van der Waals surface area contributed by atoms with E-state index in [1.807, 2.05) is 0 Å². The summed E-state index contributed by atoms with van der Waals surface area (Å²) in [4.78, 5) is 141. The van der Waals surface area contributed by atoms with Crippen molar-refractivity contribution in [3.8, 4) is 0 Å². The third-order valence-corrected chi connectivity index (χ3v) is 15.0. The SMILES string of the molecule is CC(=O)N1C[C@H](O[P+](=O)O)C[C@H]1CO.Cc1cn(CC(=O)N2C[C@H](O[P+](=O)O)C[C@H]2CO)c(=O)nc1N.Nc1ccn(CC(=O)N2C[C@H](O[P+](=O)O)C[C@H]2CO)c(=O)n1.O=C(Cn1cnc2c(=O)[nH]cnc21)N1C[C@H](O[P+](=O)O)C[C@H]1CO. The first-order valence-electron chi connectivity index (χ1n) is 24.7. The fraction of sp³-hybridized carbons (Fsp3) is 0.595. The van der Waals surface area contributed by atoms with E-state index in [0.29, 0.717) is 12.0 Å². The molecule has 0 aliphatic carbocycles. The summed E-state index contributed by atoms with van der Waals surface area (Å²) in [6, 6.07) is -0.452. The molecule has 12 atom stereocenters. The number of likely N-dealkylation sites (tertiary alicyclic amines) is 4. The maximum atomic E-state index is 12.5. The monoisotopic (exact) mass is 1250 g/mol. The summed E-state index contributed by atoms with van der Waals surface area (Å²) in [5.74, 6) is -1.18. The highest BCUT2D eigenvalue weighted by molar-refractivity contribution is 7.32. The molecule has 0 aromatic carbocycles. The van der Waals surface area contributed by atoms with Crippen LogP contribution in [0.3, 0.4) is 0 Å². The Morgan fingerprint density at radius 1 is 0.602 bits per heavy atom. The molecule has 4 fully saturated rings. The van der Waals surface area contributed by atoms with Gasteiger partial charge >= 0.3 is 44.4 Å². The molecule has 4 aliphatic rings. The smallest absolute Gasteiger partial charge is 0.394 e. The largest absolute Gasteiger partial charge is 0.695 e. The molecule has 0 radical (unpaired) electrons. The molecule has 454 valence electrons. The number of carbonyl (C=O) groups excluding carboxylic acids is 4. The van der Waals surface area contributed by atoms with Crippen LogP contribution in [0, 0.1) is 6.92 Å².